The molecule has 1 aromatic carbocycles. The molecule has 4 nitrogen and oxygen atoms in total. The molecule has 0 radical (unpaired) electrons. The Kier molecular flexibility index (Phi) is 4.03. The molecule has 1 unspecified atom stereocenters. The highest BCUT2D eigenvalue weighted by atomic mass is 15.1. The van der Waals surface area contributed by atoms with Crippen LogP contribution in [0.4, 0.5) is 5.69 Å². The number of likely N-dealkylation sites (tertiary alicyclic amines) is 1. The van der Waals surface area contributed by atoms with Gasteiger partial charge in [-0.05, 0) is 44.5 Å². The molecule has 1 fully saturated rings. The summed E-state index contributed by atoms with van der Waals surface area (Å²) in [7, 11) is 2.18. The van der Waals surface area contributed by atoms with Crippen molar-refractivity contribution >= 4 is 16.6 Å². The van der Waals surface area contributed by atoms with Crippen LogP contribution in [0.1, 0.15) is 18.5 Å². The quantitative estimate of drug-likeness (QED) is 0.939. The standard InChI is InChI=1S/C17H20N4/c1-21-8-4-5-13(12-21)11-19-17-9-14(10-18)20-16-7-3-2-6-15(16)17/h2-3,6-7,9,13H,4-5,8,11-12H2,1H3,(H,19,20). The van der Waals surface area contributed by atoms with Crippen LogP contribution < -0.4 is 5.32 Å². The largest absolute Gasteiger partial charge is 0.384 e. The molecule has 1 aliphatic rings. The fourth-order valence-corrected chi connectivity index (χ4v) is 3.07. The first-order valence-electron chi connectivity index (χ1n) is 7.48. The Morgan fingerprint density at radius 2 is 2.29 bits per heavy atom. The summed E-state index contributed by atoms with van der Waals surface area (Å²) >= 11 is 0. The number of aromatic nitrogens is 1. The van der Waals surface area contributed by atoms with Crippen LogP contribution in [0, 0.1) is 17.2 Å². The van der Waals surface area contributed by atoms with Crippen LogP contribution >= 0.6 is 0 Å². The summed E-state index contributed by atoms with van der Waals surface area (Å²) in [5.41, 5.74) is 2.36. The molecule has 0 spiro atoms. The summed E-state index contributed by atoms with van der Waals surface area (Å²) in [6, 6.07) is 12.0. The van der Waals surface area contributed by atoms with Gasteiger partial charge in [-0.25, -0.2) is 4.98 Å². The van der Waals surface area contributed by atoms with Gasteiger partial charge >= 0.3 is 0 Å². The molecule has 21 heavy (non-hydrogen) atoms. The van der Waals surface area contributed by atoms with E-state index in [-0.39, 0.29) is 0 Å². The Hall–Kier alpha value is -2.12. The molecule has 0 amide bonds. The van der Waals surface area contributed by atoms with Crippen LogP contribution in [0.5, 0.6) is 0 Å². The van der Waals surface area contributed by atoms with Crippen molar-refractivity contribution in [2.45, 2.75) is 12.8 Å². The van der Waals surface area contributed by atoms with Crippen LogP contribution in [-0.4, -0.2) is 36.6 Å². The minimum atomic E-state index is 0.469. The minimum absolute atomic E-state index is 0.469. The topological polar surface area (TPSA) is 52.0 Å². The number of nitrogens with one attached hydrogen (secondary N) is 1. The predicted molar refractivity (Wildman–Crippen MR) is 85.2 cm³/mol. The number of rotatable bonds is 3. The molecule has 0 aliphatic carbocycles. The number of anilines is 1. The van der Waals surface area contributed by atoms with E-state index in [4.69, 9.17) is 5.26 Å². The van der Waals surface area contributed by atoms with Crippen molar-refractivity contribution in [3.63, 3.8) is 0 Å². The van der Waals surface area contributed by atoms with Gasteiger partial charge in [-0.2, -0.15) is 5.26 Å². The van der Waals surface area contributed by atoms with E-state index >= 15 is 0 Å². The van der Waals surface area contributed by atoms with Gasteiger partial charge in [0.2, 0.25) is 0 Å². The Bertz CT molecular complexity index is 674. The van der Waals surface area contributed by atoms with E-state index in [0.29, 0.717) is 11.6 Å². The molecule has 108 valence electrons. The van der Waals surface area contributed by atoms with Crippen molar-refractivity contribution in [2.75, 3.05) is 32.0 Å². The first kappa shape index (κ1) is 13.8. The Morgan fingerprint density at radius 1 is 1.43 bits per heavy atom. The normalized spacial score (nSPS) is 19.3. The van der Waals surface area contributed by atoms with E-state index in [2.05, 4.69) is 34.4 Å². The number of benzene rings is 1. The van der Waals surface area contributed by atoms with E-state index in [0.717, 1.165) is 29.7 Å². The smallest absolute Gasteiger partial charge is 0.143 e. The van der Waals surface area contributed by atoms with Crippen LogP contribution in [-0.2, 0) is 0 Å². The third kappa shape index (κ3) is 3.14. The molecular formula is C17H20N4. The molecule has 1 saturated heterocycles. The fraction of sp³-hybridized carbons (Fsp3) is 0.412. The number of pyridine rings is 1. The lowest BCUT2D eigenvalue weighted by Crippen LogP contribution is -2.35. The molecule has 2 aromatic rings. The second kappa shape index (κ2) is 6.11. The summed E-state index contributed by atoms with van der Waals surface area (Å²) in [5.74, 6) is 0.668. The van der Waals surface area contributed by atoms with E-state index in [1.807, 2.05) is 24.3 Å². The predicted octanol–water partition coefficient (Wildman–Crippen LogP) is 2.86. The van der Waals surface area contributed by atoms with Crippen LogP contribution in [0.2, 0.25) is 0 Å². The lowest BCUT2D eigenvalue weighted by atomic mass is 9.98. The monoisotopic (exact) mass is 280 g/mol. The van der Waals surface area contributed by atoms with Crippen molar-refractivity contribution in [1.29, 1.82) is 5.26 Å². The lowest BCUT2D eigenvalue weighted by molar-refractivity contribution is 0.217. The van der Waals surface area contributed by atoms with E-state index in [1.54, 1.807) is 0 Å². The average Bonchev–Trinajstić information content (AvgIpc) is 2.52. The number of hydrogen-bond donors (Lipinski definition) is 1. The van der Waals surface area contributed by atoms with Crippen molar-refractivity contribution in [3.05, 3.63) is 36.0 Å². The van der Waals surface area contributed by atoms with E-state index in [1.165, 1.54) is 19.4 Å². The summed E-state index contributed by atoms with van der Waals surface area (Å²) in [5, 5.41) is 13.7. The third-order valence-corrected chi connectivity index (χ3v) is 4.13. The number of nitrogens with zero attached hydrogens (tertiary/aromatic N) is 3. The summed E-state index contributed by atoms with van der Waals surface area (Å²) < 4.78 is 0. The molecule has 3 rings (SSSR count). The van der Waals surface area contributed by atoms with Crippen LogP contribution in [0.15, 0.2) is 30.3 Å². The Balaban J connectivity index is 1.81. The molecule has 0 saturated carbocycles. The number of piperidine rings is 1. The van der Waals surface area contributed by atoms with Crippen LogP contribution in [0.25, 0.3) is 10.9 Å². The van der Waals surface area contributed by atoms with Crippen molar-refractivity contribution in [2.24, 2.45) is 5.92 Å². The first-order valence-corrected chi connectivity index (χ1v) is 7.48. The molecular weight excluding hydrogens is 260 g/mol. The molecule has 1 aromatic heterocycles. The van der Waals surface area contributed by atoms with Gasteiger partial charge in [0, 0.05) is 24.2 Å². The van der Waals surface area contributed by atoms with E-state index in [9.17, 15) is 0 Å². The maximum absolute atomic E-state index is 9.13. The van der Waals surface area contributed by atoms with Crippen LogP contribution in [0.3, 0.4) is 0 Å². The van der Waals surface area contributed by atoms with Gasteiger partial charge in [0.15, 0.2) is 0 Å². The van der Waals surface area contributed by atoms with Gasteiger partial charge in [0.1, 0.15) is 11.8 Å². The molecule has 1 atom stereocenters. The lowest BCUT2D eigenvalue weighted by Gasteiger charge is -2.30. The Labute approximate surface area is 125 Å². The zero-order valence-corrected chi connectivity index (χ0v) is 12.3. The van der Waals surface area contributed by atoms with Gasteiger partial charge < -0.3 is 10.2 Å². The van der Waals surface area contributed by atoms with Gasteiger partial charge in [0.05, 0.1) is 5.52 Å². The van der Waals surface area contributed by atoms with Crippen molar-refractivity contribution < 1.29 is 0 Å². The van der Waals surface area contributed by atoms with Crippen molar-refractivity contribution in [3.8, 4) is 6.07 Å². The molecule has 0 bridgehead atoms. The SMILES string of the molecule is CN1CCCC(CNc2cc(C#N)nc3ccccc23)C1. The summed E-state index contributed by atoms with van der Waals surface area (Å²) in [6.07, 6.45) is 2.54. The molecule has 2 heterocycles. The number of fused-ring (bicyclic) bond motifs is 1. The maximum atomic E-state index is 9.13. The van der Waals surface area contributed by atoms with E-state index < -0.39 is 0 Å². The average molecular weight is 280 g/mol. The number of hydrogen-bond acceptors (Lipinski definition) is 4. The molecule has 1 aliphatic heterocycles. The Morgan fingerprint density at radius 3 is 3.10 bits per heavy atom. The number of para-hydroxylation sites is 1. The maximum Gasteiger partial charge on any atom is 0.143 e. The molecule has 4 heteroatoms. The van der Waals surface area contributed by atoms with Gasteiger partial charge in [-0.1, -0.05) is 18.2 Å². The first-order chi connectivity index (χ1) is 10.3. The third-order valence-electron chi connectivity index (χ3n) is 4.13. The second-order valence-electron chi connectivity index (χ2n) is 5.84. The molecule has 1 N–H and O–H groups in total. The highest BCUT2D eigenvalue weighted by Gasteiger charge is 2.17. The number of nitriles is 1. The highest BCUT2D eigenvalue weighted by molar-refractivity contribution is 5.91. The minimum Gasteiger partial charge on any atom is -0.384 e. The zero-order valence-electron chi connectivity index (χ0n) is 12.3. The van der Waals surface area contributed by atoms with Gasteiger partial charge in [-0.15, -0.1) is 0 Å². The van der Waals surface area contributed by atoms with Crippen molar-refractivity contribution in [1.82, 2.24) is 9.88 Å². The second-order valence-corrected chi connectivity index (χ2v) is 5.84. The summed E-state index contributed by atoms with van der Waals surface area (Å²) in [6.45, 7) is 3.29. The van der Waals surface area contributed by atoms with Gasteiger partial charge in [0.25, 0.3) is 0 Å². The summed E-state index contributed by atoms with van der Waals surface area (Å²) in [4.78, 5) is 6.74. The fourth-order valence-electron chi connectivity index (χ4n) is 3.07. The van der Waals surface area contributed by atoms with Gasteiger partial charge in [-0.3, -0.25) is 0 Å². The zero-order chi connectivity index (χ0) is 14.7. The highest BCUT2D eigenvalue weighted by Crippen LogP contribution is 2.24.